The minimum Gasteiger partial charge on any atom is -0.481 e. The van der Waals surface area contributed by atoms with Gasteiger partial charge in [0.2, 0.25) is 0 Å². The maximum absolute atomic E-state index is 10.2. The van der Waals surface area contributed by atoms with Crippen LogP contribution < -0.4 is 0 Å². The van der Waals surface area contributed by atoms with Gasteiger partial charge < -0.3 is 20.4 Å². The van der Waals surface area contributed by atoms with Gasteiger partial charge in [0.05, 0.1) is 11.7 Å². The van der Waals surface area contributed by atoms with Crippen LogP contribution in [-0.4, -0.2) is 45.1 Å². The molecule has 1 rings (SSSR count). The third-order valence-electron chi connectivity index (χ3n) is 4.45. The molecule has 0 spiro atoms. The van der Waals surface area contributed by atoms with Crippen LogP contribution >= 0.6 is 0 Å². The summed E-state index contributed by atoms with van der Waals surface area (Å²) in [7, 11) is 0. The Labute approximate surface area is 182 Å². The zero-order valence-electron chi connectivity index (χ0n) is 18.8. The number of hydrogen-bond donors (Lipinski definition) is 4. The average Bonchev–Trinajstić information content (AvgIpc) is 2.74. The molecule has 0 heterocycles. The maximum atomic E-state index is 10.2. The largest absolute Gasteiger partial charge is 0.481 e. The summed E-state index contributed by atoms with van der Waals surface area (Å²) in [6.07, 6.45) is 12.4. The molecule has 0 aliphatic rings. The fourth-order valence-electron chi connectivity index (χ4n) is 2.52. The number of carbonyl (C=O) groups is 2. The van der Waals surface area contributed by atoms with Crippen molar-refractivity contribution < 1.29 is 30.0 Å². The molecule has 0 aliphatic carbocycles. The van der Waals surface area contributed by atoms with Gasteiger partial charge in [0.1, 0.15) is 0 Å². The topological polar surface area (TPSA) is 115 Å². The van der Waals surface area contributed by atoms with Gasteiger partial charge in [-0.1, -0.05) is 83.4 Å². The molecular weight excluding hydrogens is 384 g/mol. The first-order chi connectivity index (χ1) is 14.4. The van der Waals surface area contributed by atoms with Crippen LogP contribution in [0.2, 0.25) is 0 Å². The number of carboxylic acids is 2. The summed E-state index contributed by atoms with van der Waals surface area (Å²) >= 11 is 0. The minimum absolute atomic E-state index is 0.0923. The second kappa shape index (κ2) is 23.4. The van der Waals surface area contributed by atoms with E-state index in [-0.39, 0.29) is 12.7 Å². The number of benzene rings is 1. The van der Waals surface area contributed by atoms with Crippen molar-refractivity contribution in [1.82, 2.24) is 0 Å². The van der Waals surface area contributed by atoms with E-state index in [0.717, 1.165) is 19.3 Å². The normalized spacial score (nSPS) is 10.8. The molecule has 4 N–H and O–H groups in total. The standard InChI is InChI=1S/C12H24O2.C7H6O2.C5H12O2/c1-2-3-4-5-6-7-8-9-10-11-12(13)14;8-7(9)6-4-2-1-3-5-6;1-2-5(7)3-4-6/h2-11H2,1H3,(H,13,14);1-5H,(H,8,9);5-7H,2-4H2,1H3. The first kappa shape index (κ1) is 30.3. The van der Waals surface area contributed by atoms with Crippen LogP contribution in [0.5, 0.6) is 0 Å². The van der Waals surface area contributed by atoms with E-state index in [0.29, 0.717) is 18.4 Å². The molecule has 6 heteroatoms. The van der Waals surface area contributed by atoms with Gasteiger partial charge in [-0.15, -0.1) is 0 Å². The number of carboxylic acid groups (broad SMARTS) is 2. The molecule has 0 aliphatic heterocycles. The fourth-order valence-corrected chi connectivity index (χ4v) is 2.52. The van der Waals surface area contributed by atoms with Crippen LogP contribution in [0, 0.1) is 0 Å². The number of aliphatic hydroxyl groups is 2. The van der Waals surface area contributed by atoms with Gasteiger partial charge in [-0.3, -0.25) is 4.79 Å². The van der Waals surface area contributed by atoms with Crippen LogP contribution in [0.4, 0.5) is 0 Å². The molecule has 0 fully saturated rings. The van der Waals surface area contributed by atoms with Gasteiger partial charge >= 0.3 is 11.9 Å². The highest BCUT2D eigenvalue weighted by Gasteiger charge is 1.97. The lowest BCUT2D eigenvalue weighted by molar-refractivity contribution is -0.137. The van der Waals surface area contributed by atoms with E-state index in [1.54, 1.807) is 30.3 Å². The highest BCUT2D eigenvalue weighted by molar-refractivity contribution is 5.87. The third kappa shape index (κ3) is 24.1. The monoisotopic (exact) mass is 426 g/mol. The Morgan fingerprint density at radius 1 is 0.833 bits per heavy atom. The quantitative estimate of drug-likeness (QED) is 0.291. The van der Waals surface area contributed by atoms with Crippen molar-refractivity contribution in [3.63, 3.8) is 0 Å². The SMILES string of the molecule is CCC(O)CCO.CCCCCCCCCCCC(=O)O.O=C(O)c1ccccc1. The second-order valence-electron chi connectivity index (χ2n) is 7.22. The number of rotatable bonds is 14. The highest BCUT2D eigenvalue weighted by atomic mass is 16.4. The summed E-state index contributed by atoms with van der Waals surface area (Å²) in [5.41, 5.74) is 0.331. The van der Waals surface area contributed by atoms with E-state index in [9.17, 15) is 9.59 Å². The number of hydrogen-bond acceptors (Lipinski definition) is 4. The Morgan fingerprint density at radius 3 is 1.67 bits per heavy atom. The van der Waals surface area contributed by atoms with Gasteiger partial charge in [-0.2, -0.15) is 0 Å². The summed E-state index contributed by atoms with van der Waals surface area (Å²) in [5, 5.41) is 33.7. The summed E-state index contributed by atoms with van der Waals surface area (Å²) in [6, 6.07) is 8.30. The summed E-state index contributed by atoms with van der Waals surface area (Å²) in [4.78, 5) is 20.4. The van der Waals surface area contributed by atoms with E-state index in [1.807, 2.05) is 6.92 Å². The number of aliphatic carboxylic acids is 1. The van der Waals surface area contributed by atoms with Gasteiger partial charge in [-0.25, -0.2) is 4.79 Å². The molecule has 1 aromatic carbocycles. The molecule has 1 aromatic rings. The lowest BCUT2D eigenvalue weighted by Crippen LogP contribution is -2.05. The Balaban J connectivity index is 0. The highest BCUT2D eigenvalue weighted by Crippen LogP contribution is 2.10. The van der Waals surface area contributed by atoms with Crippen LogP contribution in [0.25, 0.3) is 0 Å². The molecular formula is C24H42O6. The molecule has 0 radical (unpaired) electrons. The smallest absolute Gasteiger partial charge is 0.335 e. The van der Waals surface area contributed by atoms with Crippen LogP contribution in [0.15, 0.2) is 30.3 Å². The van der Waals surface area contributed by atoms with Gasteiger partial charge in [-0.05, 0) is 31.4 Å². The van der Waals surface area contributed by atoms with Crippen LogP contribution in [-0.2, 0) is 4.79 Å². The van der Waals surface area contributed by atoms with Gasteiger partial charge in [0, 0.05) is 13.0 Å². The minimum atomic E-state index is -0.879. The van der Waals surface area contributed by atoms with E-state index < -0.39 is 11.9 Å². The summed E-state index contributed by atoms with van der Waals surface area (Å²) in [6.45, 7) is 4.21. The lowest BCUT2D eigenvalue weighted by atomic mass is 10.1. The molecule has 1 atom stereocenters. The zero-order valence-corrected chi connectivity index (χ0v) is 18.8. The average molecular weight is 427 g/mol. The Morgan fingerprint density at radius 2 is 1.33 bits per heavy atom. The van der Waals surface area contributed by atoms with E-state index in [2.05, 4.69) is 6.92 Å². The number of aliphatic hydroxyl groups excluding tert-OH is 2. The predicted molar refractivity (Wildman–Crippen MR) is 121 cm³/mol. The van der Waals surface area contributed by atoms with Crippen molar-refractivity contribution in [2.24, 2.45) is 0 Å². The maximum Gasteiger partial charge on any atom is 0.335 e. The predicted octanol–water partition coefficient (Wildman–Crippen LogP) is 5.52. The van der Waals surface area contributed by atoms with Crippen LogP contribution in [0.1, 0.15) is 101 Å². The summed E-state index contributed by atoms with van der Waals surface area (Å²) in [5.74, 6) is -1.54. The van der Waals surface area contributed by atoms with E-state index in [1.165, 1.54) is 44.9 Å². The van der Waals surface area contributed by atoms with Crippen molar-refractivity contribution in [2.45, 2.75) is 97.0 Å². The molecule has 0 aromatic heterocycles. The van der Waals surface area contributed by atoms with Gasteiger partial charge in [0.15, 0.2) is 0 Å². The zero-order chi connectivity index (χ0) is 23.0. The van der Waals surface area contributed by atoms with Crippen molar-refractivity contribution in [3.05, 3.63) is 35.9 Å². The molecule has 30 heavy (non-hydrogen) atoms. The van der Waals surface area contributed by atoms with Crippen molar-refractivity contribution >= 4 is 11.9 Å². The Hall–Kier alpha value is -1.92. The molecule has 0 saturated heterocycles. The van der Waals surface area contributed by atoms with Crippen molar-refractivity contribution in [2.75, 3.05) is 6.61 Å². The van der Waals surface area contributed by atoms with E-state index in [4.69, 9.17) is 20.4 Å². The van der Waals surface area contributed by atoms with Crippen molar-refractivity contribution in [1.29, 1.82) is 0 Å². The Kier molecular flexibility index (Phi) is 23.6. The molecule has 1 unspecified atom stereocenters. The fraction of sp³-hybridized carbons (Fsp3) is 0.667. The third-order valence-corrected chi connectivity index (χ3v) is 4.45. The van der Waals surface area contributed by atoms with E-state index >= 15 is 0 Å². The summed E-state index contributed by atoms with van der Waals surface area (Å²) < 4.78 is 0. The molecule has 6 nitrogen and oxygen atoms in total. The molecule has 0 amide bonds. The van der Waals surface area contributed by atoms with Crippen LogP contribution in [0.3, 0.4) is 0 Å². The molecule has 0 bridgehead atoms. The van der Waals surface area contributed by atoms with Crippen molar-refractivity contribution in [3.8, 4) is 0 Å². The molecule has 0 saturated carbocycles. The number of unbranched alkanes of at least 4 members (excludes halogenated alkanes) is 8. The Bertz CT molecular complexity index is 504. The lowest BCUT2D eigenvalue weighted by Gasteiger charge is -2.01. The molecule has 174 valence electrons. The number of aromatic carboxylic acids is 1. The van der Waals surface area contributed by atoms with Gasteiger partial charge in [0.25, 0.3) is 0 Å². The second-order valence-corrected chi connectivity index (χ2v) is 7.22. The first-order valence-corrected chi connectivity index (χ1v) is 11.2. The first-order valence-electron chi connectivity index (χ1n) is 11.2.